The van der Waals surface area contributed by atoms with Crippen LogP contribution in [0, 0.1) is 0 Å². The lowest BCUT2D eigenvalue weighted by molar-refractivity contribution is 0.650. The quantitative estimate of drug-likeness (QED) is 0.571. The summed E-state index contributed by atoms with van der Waals surface area (Å²) in [6.45, 7) is 6.45. The lowest BCUT2D eigenvalue weighted by atomic mass is 10.3. The highest BCUT2D eigenvalue weighted by atomic mass is 32.2. The zero-order chi connectivity index (χ0) is 10.6. The Morgan fingerprint density at radius 1 is 0.929 bits per heavy atom. The number of unbranched alkanes of at least 4 members (excludes halogenated alkanes) is 2. The minimum absolute atomic E-state index is 0.567. The van der Waals surface area contributed by atoms with Gasteiger partial charge in [-0.3, -0.25) is 4.21 Å². The van der Waals surface area contributed by atoms with Crippen molar-refractivity contribution in [1.29, 1.82) is 0 Å². The third-order valence-electron chi connectivity index (χ3n) is 2.13. The van der Waals surface area contributed by atoms with Gasteiger partial charge in [0.25, 0.3) is 0 Å². The maximum absolute atomic E-state index is 11.4. The van der Waals surface area contributed by atoms with Crippen LogP contribution >= 0.6 is 0 Å². The molecule has 0 aromatic heterocycles. The predicted molar refractivity (Wildman–Crippen MR) is 65.2 cm³/mol. The first-order chi connectivity index (χ1) is 6.81. The summed E-state index contributed by atoms with van der Waals surface area (Å²) in [5, 5.41) is 3.32. The Bertz CT molecular complexity index is 139. The number of hydrogen-bond acceptors (Lipinski definition) is 2. The van der Waals surface area contributed by atoms with Gasteiger partial charge in [0.2, 0.25) is 0 Å². The molecule has 0 aromatic rings. The first-order valence-corrected chi connectivity index (χ1v) is 7.35. The van der Waals surface area contributed by atoms with Crippen molar-refractivity contribution in [3.8, 4) is 0 Å². The van der Waals surface area contributed by atoms with Crippen LogP contribution in [0.5, 0.6) is 0 Å². The van der Waals surface area contributed by atoms with Crippen LogP contribution in [0.3, 0.4) is 0 Å². The number of rotatable bonds is 10. The van der Waals surface area contributed by atoms with Gasteiger partial charge in [0.1, 0.15) is 0 Å². The predicted octanol–water partition coefficient (Wildman–Crippen LogP) is 2.32. The Kier molecular flexibility index (Phi) is 11.3. The Hall–Kier alpha value is 0.110. The minimum atomic E-state index is -0.567. The van der Waals surface area contributed by atoms with Crippen LogP contribution in [0.15, 0.2) is 0 Å². The van der Waals surface area contributed by atoms with E-state index in [2.05, 4.69) is 19.2 Å². The normalized spacial score (nSPS) is 13.0. The summed E-state index contributed by atoms with van der Waals surface area (Å²) in [5.41, 5.74) is 0. The molecule has 0 aliphatic rings. The zero-order valence-corrected chi connectivity index (χ0v) is 10.5. The second-order valence-corrected chi connectivity index (χ2v) is 5.35. The molecule has 1 unspecified atom stereocenters. The number of hydrogen-bond donors (Lipinski definition) is 1. The molecule has 3 heteroatoms. The molecule has 1 N–H and O–H groups in total. The molecule has 0 aliphatic heterocycles. The zero-order valence-electron chi connectivity index (χ0n) is 9.68. The van der Waals surface area contributed by atoms with Crippen molar-refractivity contribution in [2.45, 2.75) is 46.0 Å². The molecular formula is C11H25NOS. The van der Waals surface area contributed by atoms with Gasteiger partial charge in [-0.2, -0.15) is 0 Å². The summed E-state index contributed by atoms with van der Waals surface area (Å²) in [6, 6.07) is 0. The molecule has 0 saturated carbocycles. The Morgan fingerprint density at radius 3 is 2.29 bits per heavy atom. The van der Waals surface area contributed by atoms with E-state index in [0.29, 0.717) is 0 Å². The maximum Gasteiger partial charge on any atom is 0.0246 e. The topological polar surface area (TPSA) is 29.1 Å². The van der Waals surface area contributed by atoms with E-state index in [9.17, 15) is 4.21 Å². The molecule has 0 bridgehead atoms. The van der Waals surface area contributed by atoms with E-state index < -0.39 is 10.8 Å². The second-order valence-electron chi connectivity index (χ2n) is 3.66. The van der Waals surface area contributed by atoms with Gasteiger partial charge in [-0.15, -0.1) is 0 Å². The summed E-state index contributed by atoms with van der Waals surface area (Å²) in [7, 11) is -0.567. The maximum atomic E-state index is 11.4. The molecule has 1 atom stereocenters. The van der Waals surface area contributed by atoms with Gasteiger partial charge in [0, 0.05) is 22.3 Å². The first kappa shape index (κ1) is 14.1. The summed E-state index contributed by atoms with van der Waals surface area (Å²) >= 11 is 0. The van der Waals surface area contributed by atoms with Crippen molar-refractivity contribution >= 4 is 10.8 Å². The van der Waals surface area contributed by atoms with Gasteiger partial charge in [0.15, 0.2) is 0 Å². The fraction of sp³-hybridized carbons (Fsp3) is 1.00. The van der Waals surface area contributed by atoms with Crippen LogP contribution in [0.2, 0.25) is 0 Å². The van der Waals surface area contributed by atoms with E-state index in [4.69, 9.17) is 0 Å². The molecule has 0 radical (unpaired) electrons. The molecule has 0 fully saturated rings. The van der Waals surface area contributed by atoms with Gasteiger partial charge >= 0.3 is 0 Å². The van der Waals surface area contributed by atoms with E-state index in [0.717, 1.165) is 37.4 Å². The van der Waals surface area contributed by atoms with Crippen molar-refractivity contribution in [1.82, 2.24) is 5.32 Å². The van der Waals surface area contributed by atoms with Gasteiger partial charge in [-0.25, -0.2) is 0 Å². The minimum Gasteiger partial charge on any atom is -0.317 e. The van der Waals surface area contributed by atoms with Crippen molar-refractivity contribution in [3.05, 3.63) is 0 Å². The smallest absolute Gasteiger partial charge is 0.0246 e. The fourth-order valence-corrected chi connectivity index (χ4v) is 2.47. The molecule has 0 heterocycles. The van der Waals surface area contributed by atoms with Crippen molar-refractivity contribution in [2.24, 2.45) is 0 Å². The molecule has 14 heavy (non-hydrogen) atoms. The van der Waals surface area contributed by atoms with Crippen LogP contribution in [-0.4, -0.2) is 28.8 Å². The second kappa shape index (κ2) is 11.2. The fourth-order valence-electron chi connectivity index (χ4n) is 1.28. The standard InChI is InChI=1S/C11H25NOS/c1-3-5-6-10-14(13)11-7-9-12-8-4-2/h12H,3-11H2,1-2H3. The van der Waals surface area contributed by atoms with Crippen LogP contribution in [0.4, 0.5) is 0 Å². The van der Waals surface area contributed by atoms with Gasteiger partial charge in [-0.1, -0.05) is 26.7 Å². The van der Waals surface area contributed by atoms with Gasteiger partial charge in [0.05, 0.1) is 0 Å². The Morgan fingerprint density at radius 2 is 1.64 bits per heavy atom. The van der Waals surface area contributed by atoms with E-state index in [1.165, 1.54) is 19.3 Å². The SMILES string of the molecule is CCCCCS(=O)CCCNCCC. The summed E-state index contributed by atoms with van der Waals surface area (Å²) in [4.78, 5) is 0. The Balaban J connectivity index is 3.10. The van der Waals surface area contributed by atoms with Crippen molar-refractivity contribution < 1.29 is 4.21 Å². The summed E-state index contributed by atoms with van der Waals surface area (Å²) < 4.78 is 11.4. The highest BCUT2D eigenvalue weighted by Gasteiger charge is 1.98. The van der Waals surface area contributed by atoms with Gasteiger partial charge < -0.3 is 5.32 Å². The molecule has 0 rings (SSSR count). The molecule has 0 spiro atoms. The van der Waals surface area contributed by atoms with Crippen LogP contribution in [0.1, 0.15) is 46.0 Å². The molecule has 0 aromatic carbocycles. The van der Waals surface area contributed by atoms with Crippen LogP contribution in [-0.2, 0) is 10.8 Å². The highest BCUT2D eigenvalue weighted by Crippen LogP contribution is 1.97. The summed E-state index contributed by atoms with van der Waals surface area (Å²) in [5.74, 6) is 1.78. The first-order valence-electron chi connectivity index (χ1n) is 5.87. The van der Waals surface area contributed by atoms with Crippen molar-refractivity contribution in [2.75, 3.05) is 24.6 Å². The van der Waals surface area contributed by atoms with E-state index in [1.54, 1.807) is 0 Å². The number of nitrogens with one attached hydrogen (secondary N) is 1. The molecule has 0 amide bonds. The van der Waals surface area contributed by atoms with E-state index >= 15 is 0 Å². The average molecular weight is 219 g/mol. The molecule has 0 aliphatic carbocycles. The van der Waals surface area contributed by atoms with Crippen molar-refractivity contribution in [3.63, 3.8) is 0 Å². The largest absolute Gasteiger partial charge is 0.317 e. The van der Waals surface area contributed by atoms with Gasteiger partial charge in [-0.05, 0) is 32.4 Å². The highest BCUT2D eigenvalue weighted by molar-refractivity contribution is 7.84. The summed E-state index contributed by atoms with van der Waals surface area (Å²) in [6.07, 6.45) is 5.80. The molecular weight excluding hydrogens is 194 g/mol. The molecule has 86 valence electrons. The lowest BCUT2D eigenvalue weighted by Crippen LogP contribution is -2.18. The molecule has 0 saturated heterocycles. The van der Waals surface area contributed by atoms with Crippen LogP contribution < -0.4 is 5.32 Å². The monoisotopic (exact) mass is 219 g/mol. The third kappa shape index (κ3) is 10.2. The third-order valence-corrected chi connectivity index (χ3v) is 3.62. The molecule has 2 nitrogen and oxygen atoms in total. The Labute approximate surface area is 91.3 Å². The lowest BCUT2D eigenvalue weighted by Gasteiger charge is -2.03. The van der Waals surface area contributed by atoms with E-state index in [-0.39, 0.29) is 0 Å². The van der Waals surface area contributed by atoms with Crippen LogP contribution in [0.25, 0.3) is 0 Å². The van der Waals surface area contributed by atoms with E-state index in [1.807, 2.05) is 0 Å². The average Bonchev–Trinajstić information content (AvgIpc) is 2.18.